The minimum absolute atomic E-state index is 0.187. The normalized spacial score (nSPS) is 10.8. The average molecular weight is 417 g/mol. The average Bonchev–Trinajstić information content (AvgIpc) is 3.30. The smallest absolute Gasteiger partial charge is 0.277 e. The largest absolute Gasteiger partial charge is 0.494 e. The number of hydrogen-bond donors (Lipinski definition) is 1. The molecule has 0 aliphatic rings. The highest BCUT2D eigenvalue weighted by molar-refractivity contribution is 6.08. The Labute approximate surface area is 180 Å². The molecule has 0 bridgehead atoms. The van der Waals surface area contributed by atoms with Gasteiger partial charge in [0.1, 0.15) is 17.0 Å². The van der Waals surface area contributed by atoms with E-state index in [1.54, 1.807) is 18.3 Å². The monoisotopic (exact) mass is 417 g/mol. The van der Waals surface area contributed by atoms with Crippen molar-refractivity contribution in [3.63, 3.8) is 0 Å². The van der Waals surface area contributed by atoms with Crippen LogP contribution in [0.3, 0.4) is 0 Å². The molecule has 0 unspecified atom stereocenters. The minimum atomic E-state index is -0.367. The van der Waals surface area contributed by atoms with E-state index >= 15 is 0 Å². The van der Waals surface area contributed by atoms with Crippen LogP contribution in [0.15, 0.2) is 65.3 Å². The van der Waals surface area contributed by atoms with Crippen LogP contribution in [0.4, 0.5) is 5.69 Å². The van der Waals surface area contributed by atoms with E-state index in [0.29, 0.717) is 35.9 Å². The van der Waals surface area contributed by atoms with Gasteiger partial charge in [0, 0.05) is 23.2 Å². The highest BCUT2D eigenvalue weighted by Crippen LogP contribution is 2.31. The molecule has 0 aliphatic carbocycles. The standard InChI is InChI=1S/C24H23N3O4/c1-3-14-30-21-12-11-19(18-6-5-13-25-23(18)21)26-24(28)20-15-22(31-27-20)16-7-9-17(10-8-16)29-4-2/h5-13,15H,3-4,14H2,1-2H3,(H,26,28). The van der Waals surface area contributed by atoms with Crippen molar-refractivity contribution in [1.82, 2.24) is 10.1 Å². The van der Waals surface area contributed by atoms with Crippen molar-refractivity contribution in [2.24, 2.45) is 0 Å². The zero-order chi connectivity index (χ0) is 21.6. The Morgan fingerprint density at radius 1 is 1.06 bits per heavy atom. The molecule has 0 fully saturated rings. The Morgan fingerprint density at radius 2 is 1.90 bits per heavy atom. The lowest BCUT2D eigenvalue weighted by molar-refractivity contribution is 0.101. The van der Waals surface area contributed by atoms with Gasteiger partial charge in [-0.05, 0) is 61.9 Å². The van der Waals surface area contributed by atoms with E-state index in [4.69, 9.17) is 14.0 Å². The number of benzene rings is 2. The third kappa shape index (κ3) is 4.50. The molecule has 1 N–H and O–H groups in total. The third-order valence-corrected chi connectivity index (χ3v) is 4.64. The fourth-order valence-corrected chi connectivity index (χ4v) is 3.17. The summed E-state index contributed by atoms with van der Waals surface area (Å²) in [7, 11) is 0. The van der Waals surface area contributed by atoms with Crippen LogP contribution in [0.1, 0.15) is 30.8 Å². The number of aromatic nitrogens is 2. The van der Waals surface area contributed by atoms with Crippen LogP contribution in [0, 0.1) is 0 Å². The lowest BCUT2D eigenvalue weighted by Gasteiger charge is -2.11. The molecule has 0 saturated heterocycles. The Morgan fingerprint density at radius 3 is 2.68 bits per heavy atom. The second-order valence-corrected chi connectivity index (χ2v) is 6.85. The number of hydrogen-bond acceptors (Lipinski definition) is 6. The van der Waals surface area contributed by atoms with E-state index in [1.165, 1.54) is 0 Å². The van der Waals surface area contributed by atoms with E-state index < -0.39 is 0 Å². The number of ether oxygens (including phenoxy) is 2. The summed E-state index contributed by atoms with van der Waals surface area (Å²) in [5.41, 5.74) is 2.32. The topological polar surface area (TPSA) is 86.5 Å². The van der Waals surface area contributed by atoms with Crippen molar-refractivity contribution in [2.75, 3.05) is 18.5 Å². The van der Waals surface area contributed by atoms with Gasteiger partial charge in [-0.1, -0.05) is 12.1 Å². The zero-order valence-electron chi connectivity index (χ0n) is 17.4. The Hall–Kier alpha value is -3.87. The van der Waals surface area contributed by atoms with Crippen LogP contribution in [-0.2, 0) is 0 Å². The van der Waals surface area contributed by atoms with Gasteiger partial charge < -0.3 is 19.3 Å². The Kier molecular flexibility index (Phi) is 6.12. The van der Waals surface area contributed by atoms with Crippen LogP contribution < -0.4 is 14.8 Å². The van der Waals surface area contributed by atoms with Crippen LogP contribution >= 0.6 is 0 Å². The van der Waals surface area contributed by atoms with Crippen molar-refractivity contribution >= 4 is 22.5 Å². The van der Waals surface area contributed by atoms with Gasteiger partial charge in [0.15, 0.2) is 11.5 Å². The molecule has 7 heteroatoms. The fraction of sp³-hybridized carbons (Fsp3) is 0.208. The molecule has 4 aromatic rings. The number of rotatable bonds is 8. The number of nitrogens with one attached hydrogen (secondary N) is 1. The predicted molar refractivity (Wildman–Crippen MR) is 119 cm³/mol. The molecule has 1 amide bonds. The third-order valence-electron chi connectivity index (χ3n) is 4.64. The van der Waals surface area contributed by atoms with E-state index in [2.05, 4.69) is 15.5 Å². The second kappa shape index (κ2) is 9.30. The van der Waals surface area contributed by atoms with Gasteiger partial charge in [0.2, 0.25) is 0 Å². The maximum Gasteiger partial charge on any atom is 0.277 e. The first-order valence-corrected chi connectivity index (χ1v) is 10.2. The maximum atomic E-state index is 12.8. The molecule has 158 valence electrons. The van der Waals surface area contributed by atoms with Crippen molar-refractivity contribution in [3.8, 4) is 22.8 Å². The molecule has 2 aromatic carbocycles. The number of carbonyl (C=O) groups excluding carboxylic acids is 1. The number of pyridine rings is 1. The highest BCUT2D eigenvalue weighted by atomic mass is 16.5. The number of carbonyl (C=O) groups is 1. The number of anilines is 1. The van der Waals surface area contributed by atoms with E-state index in [1.807, 2.05) is 56.3 Å². The molecular formula is C24H23N3O4. The molecule has 0 saturated carbocycles. The summed E-state index contributed by atoms with van der Waals surface area (Å²) in [6.07, 6.45) is 2.60. The van der Waals surface area contributed by atoms with Crippen LogP contribution in [0.2, 0.25) is 0 Å². The lowest BCUT2D eigenvalue weighted by Crippen LogP contribution is -2.12. The molecule has 0 aliphatic heterocycles. The highest BCUT2D eigenvalue weighted by Gasteiger charge is 2.16. The molecule has 2 heterocycles. The summed E-state index contributed by atoms with van der Waals surface area (Å²) in [4.78, 5) is 17.2. The molecule has 0 atom stereocenters. The quantitative estimate of drug-likeness (QED) is 0.417. The van der Waals surface area contributed by atoms with Gasteiger partial charge in [-0.3, -0.25) is 9.78 Å². The van der Waals surface area contributed by atoms with E-state index in [9.17, 15) is 4.79 Å². The zero-order valence-corrected chi connectivity index (χ0v) is 17.4. The summed E-state index contributed by atoms with van der Waals surface area (Å²) in [5, 5.41) is 7.62. The van der Waals surface area contributed by atoms with Crippen LogP contribution in [0.25, 0.3) is 22.2 Å². The van der Waals surface area contributed by atoms with Gasteiger partial charge in [-0.15, -0.1) is 0 Å². The SMILES string of the molecule is CCCOc1ccc(NC(=O)c2cc(-c3ccc(OCC)cc3)on2)c2cccnc12. The Bertz CT molecular complexity index is 1190. The summed E-state index contributed by atoms with van der Waals surface area (Å²) >= 11 is 0. The van der Waals surface area contributed by atoms with Crippen molar-refractivity contribution in [2.45, 2.75) is 20.3 Å². The van der Waals surface area contributed by atoms with Crippen molar-refractivity contribution < 1.29 is 18.8 Å². The Balaban J connectivity index is 1.54. The first kappa shape index (κ1) is 20.4. The molecule has 31 heavy (non-hydrogen) atoms. The van der Waals surface area contributed by atoms with Crippen LogP contribution in [0.5, 0.6) is 11.5 Å². The van der Waals surface area contributed by atoms with E-state index in [-0.39, 0.29) is 11.6 Å². The van der Waals surface area contributed by atoms with Gasteiger partial charge in [0.05, 0.1) is 18.9 Å². The van der Waals surface area contributed by atoms with Gasteiger partial charge in [0.25, 0.3) is 5.91 Å². The lowest BCUT2D eigenvalue weighted by atomic mass is 10.1. The summed E-state index contributed by atoms with van der Waals surface area (Å²) in [5.74, 6) is 1.60. The van der Waals surface area contributed by atoms with Crippen LogP contribution in [-0.4, -0.2) is 29.3 Å². The summed E-state index contributed by atoms with van der Waals surface area (Å²) in [6, 6.07) is 16.4. The predicted octanol–water partition coefficient (Wildman–Crippen LogP) is 5.33. The second-order valence-electron chi connectivity index (χ2n) is 6.85. The molecule has 7 nitrogen and oxygen atoms in total. The first-order chi connectivity index (χ1) is 15.2. The van der Waals surface area contributed by atoms with Crippen molar-refractivity contribution in [1.29, 1.82) is 0 Å². The number of fused-ring (bicyclic) bond motifs is 1. The fourth-order valence-electron chi connectivity index (χ4n) is 3.17. The molecule has 2 aromatic heterocycles. The molecule has 0 radical (unpaired) electrons. The van der Waals surface area contributed by atoms with E-state index in [0.717, 1.165) is 23.1 Å². The number of nitrogens with zero attached hydrogens (tertiary/aromatic N) is 2. The summed E-state index contributed by atoms with van der Waals surface area (Å²) in [6.45, 7) is 5.18. The molecule has 4 rings (SSSR count). The van der Waals surface area contributed by atoms with Gasteiger partial charge in [-0.2, -0.15) is 0 Å². The van der Waals surface area contributed by atoms with Gasteiger partial charge in [-0.25, -0.2) is 0 Å². The molecule has 0 spiro atoms. The van der Waals surface area contributed by atoms with Crippen molar-refractivity contribution in [3.05, 3.63) is 66.5 Å². The maximum absolute atomic E-state index is 12.8. The van der Waals surface area contributed by atoms with Gasteiger partial charge >= 0.3 is 0 Å². The number of amides is 1. The molecular weight excluding hydrogens is 394 g/mol. The summed E-state index contributed by atoms with van der Waals surface area (Å²) < 4.78 is 16.6. The minimum Gasteiger partial charge on any atom is -0.494 e. The first-order valence-electron chi connectivity index (χ1n) is 10.2.